The maximum atomic E-state index is 9.81. The van der Waals surface area contributed by atoms with Crippen LogP contribution in [0.1, 0.15) is 0 Å². The van der Waals surface area contributed by atoms with Gasteiger partial charge in [0.25, 0.3) is 11.8 Å². The Morgan fingerprint density at radius 1 is 1.24 bits per heavy atom. The van der Waals surface area contributed by atoms with E-state index in [4.69, 9.17) is 9.26 Å². The number of piperazine rings is 1. The topological polar surface area (TPSA) is 74.9 Å². The van der Waals surface area contributed by atoms with Gasteiger partial charge >= 0.3 is 0 Å². The van der Waals surface area contributed by atoms with E-state index in [0.717, 1.165) is 26.2 Å². The van der Waals surface area contributed by atoms with Crippen LogP contribution in [0.3, 0.4) is 0 Å². The monoisotopic (exact) mass is 290 g/mol. The van der Waals surface area contributed by atoms with Crippen molar-refractivity contribution in [2.75, 3.05) is 45.2 Å². The highest BCUT2D eigenvalue weighted by atomic mass is 16.5. The van der Waals surface area contributed by atoms with E-state index in [1.54, 1.807) is 18.2 Å². The Morgan fingerprint density at radius 2 is 2.00 bits per heavy atom. The van der Waals surface area contributed by atoms with Gasteiger partial charge in [-0.05, 0) is 30.4 Å². The molecule has 1 aromatic carbocycles. The molecule has 0 radical (unpaired) electrons. The number of nitrogens with zero attached hydrogens (tertiary/aromatic N) is 4. The van der Waals surface area contributed by atoms with E-state index in [0.29, 0.717) is 23.2 Å². The lowest BCUT2D eigenvalue weighted by Crippen LogP contribution is -2.44. The van der Waals surface area contributed by atoms with Gasteiger partial charge in [0.1, 0.15) is 0 Å². The second-order valence-corrected chi connectivity index (χ2v) is 5.08. The number of methoxy groups -OCH3 is 1. The highest BCUT2D eigenvalue weighted by molar-refractivity contribution is 5.60. The van der Waals surface area contributed by atoms with Crippen molar-refractivity contribution >= 4 is 5.95 Å². The number of phenolic OH excluding ortho intramolecular Hbond substituents is 1. The summed E-state index contributed by atoms with van der Waals surface area (Å²) >= 11 is 0. The molecule has 0 spiro atoms. The summed E-state index contributed by atoms with van der Waals surface area (Å²) in [7, 11) is 3.60. The standard InChI is InChI=1S/C14H18N4O3/c1-17-5-7-18(8-6-17)14-15-13(21-16-14)10-3-4-12(20-2)11(19)9-10/h3-4,9,19H,5-8H2,1-2H3. The molecule has 1 aliphatic rings. The third-order valence-electron chi connectivity index (χ3n) is 3.63. The Hall–Kier alpha value is -2.28. The van der Waals surface area contributed by atoms with Crippen LogP contribution in [0.2, 0.25) is 0 Å². The van der Waals surface area contributed by atoms with Gasteiger partial charge in [-0.2, -0.15) is 4.98 Å². The SMILES string of the molecule is COc1ccc(-c2nc(N3CCN(C)CC3)no2)cc1O. The van der Waals surface area contributed by atoms with Crippen molar-refractivity contribution < 1.29 is 14.4 Å². The van der Waals surface area contributed by atoms with E-state index in [1.807, 2.05) is 0 Å². The van der Waals surface area contributed by atoms with Gasteiger partial charge in [-0.3, -0.25) is 0 Å². The minimum atomic E-state index is 0.0503. The molecule has 1 saturated heterocycles. The van der Waals surface area contributed by atoms with Crippen LogP contribution in [0.25, 0.3) is 11.5 Å². The normalized spacial score (nSPS) is 16.2. The highest BCUT2D eigenvalue weighted by Crippen LogP contribution is 2.31. The summed E-state index contributed by atoms with van der Waals surface area (Å²) in [5.41, 5.74) is 0.668. The number of rotatable bonds is 3. The minimum absolute atomic E-state index is 0.0503. The van der Waals surface area contributed by atoms with E-state index in [-0.39, 0.29) is 5.75 Å². The molecular formula is C14H18N4O3. The van der Waals surface area contributed by atoms with Crippen molar-refractivity contribution in [3.8, 4) is 23.0 Å². The summed E-state index contributed by atoms with van der Waals surface area (Å²) in [4.78, 5) is 8.76. The molecule has 0 bridgehead atoms. The maximum absolute atomic E-state index is 9.81. The molecule has 21 heavy (non-hydrogen) atoms. The predicted octanol–water partition coefficient (Wildman–Crippen LogP) is 1.20. The van der Waals surface area contributed by atoms with Crippen molar-refractivity contribution in [2.24, 2.45) is 0 Å². The van der Waals surface area contributed by atoms with Crippen molar-refractivity contribution in [3.05, 3.63) is 18.2 Å². The zero-order valence-corrected chi connectivity index (χ0v) is 12.1. The van der Waals surface area contributed by atoms with Gasteiger partial charge in [0.2, 0.25) is 0 Å². The second-order valence-electron chi connectivity index (χ2n) is 5.08. The number of hydrogen-bond donors (Lipinski definition) is 1. The first-order valence-electron chi connectivity index (χ1n) is 6.82. The summed E-state index contributed by atoms with van der Waals surface area (Å²) in [5, 5.41) is 13.8. The van der Waals surface area contributed by atoms with Gasteiger partial charge in [-0.1, -0.05) is 0 Å². The molecule has 1 aromatic heterocycles. The van der Waals surface area contributed by atoms with E-state index in [2.05, 4.69) is 27.0 Å². The largest absolute Gasteiger partial charge is 0.504 e. The molecule has 1 N–H and O–H groups in total. The highest BCUT2D eigenvalue weighted by Gasteiger charge is 2.20. The van der Waals surface area contributed by atoms with Crippen LogP contribution in [0, 0.1) is 0 Å². The van der Waals surface area contributed by atoms with Crippen molar-refractivity contribution in [3.63, 3.8) is 0 Å². The summed E-state index contributed by atoms with van der Waals surface area (Å²) in [6.07, 6.45) is 0. The lowest BCUT2D eigenvalue weighted by atomic mass is 10.2. The Bertz CT molecular complexity index is 620. The van der Waals surface area contributed by atoms with Crippen LogP contribution >= 0.6 is 0 Å². The molecule has 7 nitrogen and oxygen atoms in total. The van der Waals surface area contributed by atoms with E-state index in [1.165, 1.54) is 7.11 Å². The number of hydrogen-bond acceptors (Lipinski definition) is 7. The second kappa shape index (κ2) is 5.61. The van der Waals surface area contributed by atoms with E-state index >= 15 is 0 Å². The molecule has 0 aliphatic carbocycles. The first kappa shape index (κ1) is 13.7. The smallest absolute Gasteiger partial charge is 0.266 e. The fourth-order valence-electron chi connectivity index (χ4n) is 2.29. The molecule has 0 unspecified atom stereocenters. The number of benzene rings is 1. The quantitative estimate of drug-likeness (QED) is 0.910. The molecule has 1 fully saturated rings. The van der Waals surface area contributed by atoms with Gasteiger partial charge in [-0.25, -0.2) is 0 Å². The van der Waals surface area contributed by atoms with Gasteiger partial charge < -0.3 is 24.2 Å². The van der Waals surface area contributed by atoms with Gasteiger partial charge in [0.05, 0.1) is 7.11 Å². The molecule has 3 rings (SSSR count). The van der Waals surface area contributed by atoms with Gasteiger partial charge in [0.15, 0.2) is 11.5 Å². The van der Waals surface area contributed by atoms with E-state index in [9.17, 15) is 5.11 Å². The Kier molecular flexibility index (Phi) is 3.66. The van der Waals surface area contributed by atoms with Crippen molar-refractivity contribution in [1.29, 1.82) is 0 Å². The predicted molar refractivity (Wildman–Crippen MR) is 77.7 cm³/mol. The Morgan fingerprint density at radius 3 is 2.67 bits per heavy atom. The van der Waals surface area contributed by atoms with Gasteiger partial charge in [-0.15, -0.1) is 0 Å². The van der Waals surface area contributed by atoms with Crippen molar-refractivity contribution in [1.82, 2.24) is 15.0 Å². The molecule has 7 heteroatoms. The lowest BCUT2D eigenvalue weighted by Gasteiger charge is -2.31. The molecule has 2 heterocycles. The number of anilines is 1. The molecule has 1 aliphatic heterocycles. The third-order valence-corrected chi connectivity index (χ3v) is 3.63. The molecule has 0 saturated carbocycles. The number of aromatic nitrogens is 2. The number of aromatic hydroxyl groups is 1. The maximum Gasteiger partial charge on any atom is 0.266 e. The summed E-state index contributed by atoms with van der Waals surface area (Å²) in [5.74, 6) is 1.45. The van der Waals surface area contributed by atoms with Crippen LogP contribution in [-0.2, 0) is 0 Å². The lowest BCUT2D eigenvalue weighted by molar-refractivity contribution is 0.309. The van der Waals surface area contributed by atoms with Crippen LogP contribution in [0.4, 0.5) is 5.95 Å². The summed E-state index contributed by atoms with van der Waals surface area (Å²) in [6.45, 7) is 3.72. The minimum Gasteiger partial charge on any atom is -0.504 e. The first-order chi connectivity index (χ1) is 10.2. The van der Waals surface area contributed by atoms with Crippen molar-refractivity contribution in [2.45, 2.75) is 0 Å². The first-order valence-corrected chi connectivity index (χ1v) is 6.82. The van der Waals surface area contributed by atoms with E-state index < -0.39 is 0 Å². The number of ether oxygens (including phenoxy) is 1. The molecule has 0 atom stereocenters. The Balaban J connectivity index is 1.80. The molecule has 112 valence electrons. The molecular weight excluding hydrogens is 272 g/mol. The zero-order chi connectivity index (χ0) is 14.8. The summed E-state index contributed by atoms with van der Waals surface area (Å²) < 4.78 is 10.3. The fraction of sp³-hybridized carbons (Fsp3) is 0.429. The average molecular weight is 290 g/mol. The van der Waals surface area contributed by atoms with Crippen LogP contribution < -0.4 is 9.64 Å². The number of phenols is 1. The summed E-state index contributed by atoms with van der Waals surface area (Å²) in [6, 6.07) is 5.00. The average Bonchev–Trinajstić information content (AvgIpc) is 2.98. The van der Waals surface area contributed by atoms with Crippen LogP contribution in [-0.4, -0.2) is 60.5 Å². The van der Waals surface area contributed by atoms with Crippen LogP contribution in [0.15, 0.2) is 22.7 Å². The van der Waals surface area contributed by atoms with Gasteiger partial charge in [0, 0.05) is 31.7 Å². The Labute approximate surface area is 122 Å². The number of likely N-dealkylation sites (N-methyl/N-ethyl adjacent to an activating group) is 1. The fourth-order valence-corrected chi connectivity index (χ4v) is 2.29. The zero-order valence-electron chi connectivity index (χ0n) is 12.1. The molecule has 0 amide bonds. The third kappa shape index (κ3) is 2.78. The molecule has 2 aromatic rings. The van der Waals surface area contributed by atoms with Crippen LogP contribution in [0.5, 0.6) is 11.5 Å².